The molecular formula is C10H13N3O4. The Hall–Kier alpha value is -2.18. The summed E-state index contributed by atoms with van der Waals surface area (Å²) in [5.74, 6) is -1.53. The Morgan fingerprint density at radius 2 is 2.06 bits per heavy atom. The Balaban J connectivity index is 2.78. The van der Waals surface area contributed by atoms with Gasteiger partial charge in [0.2, 0.25) is 5.91 Å². The van der Waals surface area contributed by atoms with Crippen molar-refractivity contribution in [1.82, 2.24) is 15.3 Å². The number of aliphatic carboxylic acids is 1. The Morgan fingerprint density at radius 3 is 2.59 bits per heavy atom. The molecule has 7 nitrogen and oxygen atoms in total. The Morgan fingerprint density at radius 1 is 1.41 bits per heavy atom. The van der Waals surface area contributed by atoms with Crippen molar-refractivity contribution in [3.63, 3.8) is 0 Å². The molecule has 0 saturated carbocycles. The number of carboxylic acid groups (broad SMARTS) is 1. The second-order valence-electron chi connectivity index (χ2n) is 3.58. The first-order valence-electron chi connectivity index (χ1n) is 4.95. The van der Waals surface area contributed by atoms with E-state index in [0.29, 0.717) is 17.0 Å². The van der Waals surface area contributed by atoms with E-state index in [9.17, 15) is 14.4 Å². The fraction of sp³-hybridized carbons (Fsp3) is 0.400. The highest BCUT2D eigenvalue weighted by molar-refractivity contribution is 5.83. The van der Waals surface area contributed by atoms with E-state index in [1.807, 2.05) is 0 Å². The van der Waals surface area contributed by atoms with Crippen molar-refractivity contribution in [1.29, 1.82) is 0 Å². The summed E-state index contributed by atoms with van der Waals surface area (Å²) >= 11 is 0. The lowest BCUT2D eigenvalue weighted by Crippen LogP contribution is -2.31. The second-order valence-corrected chi connectivity index (χ2v) is 3.58. The van der Waals surface area contributed by atoms with Crippen LogP contribution in [0.4, 0.5) is 0 Å². The van der Waals surface area contributed by atoms with Crippen LogP contribution < -0.4 is 11.0 Å². The van der Waals surface area contributed by atoms with Gasteiger partial charge in [-0.1, -0.05) is 0 Å². The Labute approximate surface area is 96.9 Å². The number of carbonyl (C=O) groups excluding carboxylic acids is 1. The topological polar surface area (TPSA) is 112 Å². The number of carboxylic acids is 1. The quantitative estimate of drug-likeness (QED) is 0.632. The van der Waals surface area contributed by atoms with Crippen LogP contribution in [0.2, 0.25) is 0 Å². The fourth-order valence-electron chi connectivity index (χ4n) is 1.41. The van der Waals surface area contributed by atoms with Crippen molar-refractivity contribution in [2.45, 2.75) is 20.3 Å². The molecule has 3 N–H and O–H groups in total. The zero-order valence-corrected chi connectivity index (χ0v) is 9.53. The summed E-state index contributed by atoms with van der Waals surface area (Å²) in [6.45, 7) is 2.87. The van der Waals surface area contributed by atoms with Gasteiger partial charge in [0, 0.05) is 17.0 Å². The molecule has 7 heteroatoms. The zero-order valence-electron chi connectivity index (χ0n) is 9.53. The lowest BCUT2D eigenvalue weighted by molar-refractivity contribution is -0.137. The predicted molar refractivity (Wildman–Crippen MR) is 58.7 cm³/mol. The maximum Gasteiger partial charge on any atom is 0.345 e. The number of nitrogens with zero attached hydrogens (tertiary/aromatic N) is 1. The second kappa shape index (κ2) is 5.24. The highest BCUT2D eigenvalue weighted by atomic mass is 16.4. The minimum absolute atomic E-state index is 0.00523. The van der Waals surface area contributed by atoms with Crippen LogP contribution in [-0.2, 0) is 16.0 Å². The van der Waals surface area contributed by atoms with Gasteiger partial charge < -0.3 is 15.4 Å². The molecular weight excluding hydrogens is 226 g/mol. The summed E-state index contributed by atoms with van der Waals surface area (Å²) in [5.41, 5.74) is 1.17. The summed E-state index contributed by atoms with van der Waals surface area (Å²) in [7, 11) is 0. The highest BCUT2D eigenvalue weighted by Gasteiger charge is 2.11. The third kappa shape index (κ3) is 3.71. The largest absolute Gasteiger partial charge is 0.480 e. The number of rotatable bonds is 4. The van der Waals surface area contributed by atoms with Gasteiger partial charge in [-0.2, -0.15) is 4.98 Å². The lowest BCUT2D eigenvalue weighted by atomic mass is 10.1. The molecule has 0 aliphatic carbocycles. The molecule has 0 aromatic carbocycles. The molecule has 1 aromatic rings. The van der Waals surface area contributed by atoms with Gasteiger partial charge in [-0.3, -0.25) is 9.59 Å². The normalized spacial score (nSPS) is 10.0. The first kappa shape index (κ1) is 12.9. The number of aromatic amines is 1. The molecule has 0 saturated heterocycles. The average Bonchev–Trinajstić information content (AvgIpc) is 2.20. The summed E-state index contributed by atoms with van der Waals surface area (Å²) in [6.07, 6.45) is -0.00523. The molecule has 92 valence electrons. The number of carbonyl (C=O) groups is 2. The maximum atomic E-state index is 11.4. The fourth-order valence-corrected chi connectivity index (χ4v) is 1.41. The summed E-state index contributed by atoms with van der Waals surface area (Å²) in [5, 5.41) is 10.6. The number of aromatic nitrogens is 2. The molecule has 17 heavy (non-hydrogen) atoms. The van der Waals surface area contributed by atoms with Crippen LogP contribution in [0.5, 0.6) is 0 Å². The first-order chi connectivity index (χ1) is 7.90. The van der Waals surface area contributed by atoms with Crippen LogP contribution in [0, 0.1) is 13.8 Å². The Kier molecular flexibility index (Phi) is 3.97. The summed E-state index contributed by atoms with van der Waals surface area (Å²) < 4.78 is 0. The van der Waals surface area contributed by atoms with Crippen molar-refractivity contribution in [3.8, 4) is 0 Å². The van der Waals surface area contributed by atoms with Gasteiger partial charge in [0.15, 0.2) is 0 Å². The molecule has 1 amide bonds. The number of aryl methyl sites for hydroxylation is 2. The van der Waals surface area contributed by atoms with E-state index in [0.717, 1.165) is 0 Å². The molecule has 0 radical (unpaired) electrons. The van der Waals surface area contributed by atoms with Gasteiger partial charge in [-0.15, -0.1) is 0 Å². The average molecular weight is 239 g/mol. The van der Waals surface area contributed by atoms with Crippen LogP contribution in [0.1, 0.15) is 17.0 Å². The van der Waals surface area contributed by atoms with Crippen LogP contribution in [0.25, 0.3) is 0 Å². The number of amides is 1. The third-order valence-corrected chi connectivity index (χ3v) is 2.23. The van der Waals surface area contributed by atoms with Crippen molar-refractivity contribution in [2.75, 3.05) is 6.54 Å². The van der Waals surface area contributed by atoms with Crippen LogP contribution in [0.15, 0.2) is 4.79 Å². The minimum atomic E-state index is -1.11. The van der Waals surface area contributed by atoms with Crippen LogP contribution >= 0.6 is 0 Å². The third-order valence-electron chi connectivity index (χ3n) is 2.23. The van der Waals surface area contributed by atoms with E-state index >= 15 is 0 Å². The highest BCUT2D eigenvalue weighted by Crippen LogP contribution is 2.07. The van der Waals surface area contributed by atoms with E-state index in [1.54, 1.807) is 13.8 Å². The molecule has 0 unspecified atom stereocenters. The monoisotopic (exact) mass is 239 g/mol. The molecule has 0 atom stereocenters. The number of hydrogen-bond donors (Lipinski definition) is 3. The predicted octanol–water partition coefficient (Wildman–Crippen LogP) is -0.870. The van der Waals surface area contributed by atoms with Gasteiger partial charge >= 0.3 is 11.7 Å². The number of hydrogen-bond acceptors (Lipinski definition) is 4. The molecule has 0 aliphatic rings. The molecule has 0 fully saturated rings. The van der Waals surface area contributed by atoms with Crippen LogP contribution in [-0.4, -0.2) is 33.5 Å². The van der Waals surface area contributed by atoms with E-state index in [4.69, 9.17) is 5.11 Å². The SMILES string of the molecule is Cc1nc(=O)[nH]c(C)c1CC(=O)NCC(=O)O. The molecule has 1 rings (SSSR count). The summed E-state index contributed by atoms with van der Waals surface area (Å²) in [4.78, 5) is 38.9. The number of H-pyrrole nitrogens is 1. The Bertz CT molecular complexity index is 481. The lowest BCUT2D eigenvalue weighted by Gasteiger charge is -2.07. The van der Waals surface area contributed by atoms with Crippen molar-refractivity contribution >= 4 is 11.9 Å². The van der Waals surface area contributed by atoms with E-state index < -0.39 is 24.1 Å². The van der Waals surface area contributed by atoms with Crippen molar-refractivity contribution < 1.29 is 14.7 Å². The molecule has 0 spiro atoms. The van der Waals surface area contributed by atoms with Crippen molar-refractivity contribution in [3.05, 3.63) is 27.4 Å². The number of nitrogens with one attached hydrogen (secondary N) is 2. The maximum absolute atomic E-state index is 11.4. The molecule has 0 bridgehead atoms. The van der Waals surface area contributed by atoms with E-state index in [1.165, 1.54) is 0 Å². The van der Waals surface area contributed by atoms with E-state index in [-0.39, 0.29) is 6.42 Å². The van der Waals surface area contributed by atoms with Gasteiger partial charge in [-0.05, 0) is 13.8 Å². The zero-order chi connectivity index (χ0) is 13.0. The van der Waals surface area contributed by atoms with Crippen LogP contribution in [0.3, 0.4) is 0 Å². The van der Waals surface area contributed by atoms with Gasteiger partial charge in [-0.25, -0.2) is 4.79 Å². The smallest absolute Gasteiger partial charge is 0.345 e. The molecule has 1 aromatic heterocycles. The molecule has 1 heterocycles. The van der Waals surface area contributed by atoms with E-state index in [2.05, 4.69) is 15.3 Å². The van der Waals surface area contributed by atoms with Gasteiger partial charge in [0.1, 0.15) is 6.54 Å². The summed E-state index contributed by atoms with van der Waals surface area (Å²) in [6, 6.07) is 0. The standard InChI is InChI=1S/C10H13N3O4/c1-5-7(6(2)13-10(17)12-5)3-8(14)11-4-9(15)16/h3-4H2,1-2H3,(H,11,14)(H,15,16)(H,12,13,17). The molecule has 0 aliphatic heterocycles. The first-order valence-corrected chi connectivity index (χ1v) is 4.95. The van der Waals surface area contributed by atoms with Gasteiger partial charge in [0.05, 0.1) is 6.42 Å². The van der Waals surface area contributed by atoms with Crippen molar-refractivity contribution in [2.24, 2.45) is 0 Å². The van der Waals surface area contributed by atoms with Gasteiger partial charge in [0.25, 0.3) is 0 Å². The minimum Gasteiger partial charge on any atom is -0.480 e.